The summed E-state index contributed by atoms with van der Waals surface area (Å²) in [5.41, 5.74) is 0. The average molecular weight is 350 g/mol. The minimum Gasteiger partial charge on any atom is -0.370 e. The van der Waals surface area contributed by atoms with E-state index in [9.17, 15) is 0 Å². The van der Waals surface area contributed by atoms with Crippen LogP contribution in [0.15, 0.2) is 0 Å². The van der Waals surface area contributed by atoms with Crippen molar-refractivity contribution in [3.05, 3.63) is 0 Å². The Kier molecular flexibility index (Phi) is 3.98. The topological polar surface area (TPSA) is 18.5 Å². The van der Waals surface area contributed by atoms with Crippen LogP contribution >= 0.6 is 22.6 Å². The van der Waals surface area contributed by atoms with Gasteiger partial charge in [-0.05, 0) is 50.4 Å². The van der Waals surface area contributed by atoms with Crippen LogP contribution in [0.4, 0.5) is 0 Å². The lowest BCUT2D eigenvalue weighted by Gasteiger charge is -2.48. The maximum absolute atomic E-state index is 6.37. The van der Waals surface area contributed by atoms with Crippen LogP contribution in [-0.4, -0.2) is 28.8 Å². The van der Waals surface area contributed by atoms with Crippen molar-refractivity contribution in [1.82, 2.24) is 0 Å². The maximum Gasteiger partial charge on any atom is 0.0844 e. The van der Waals surface area contributed by atoms with Gasteiger partial charge in [0, 0.05) is 4.43 Å². The van der Waals surface area contributed by atoms with E-state index in [0.717, 1.165) is 11.8 Å². The predicted octanol–water partition coefficient (Wildman–Crippen LogP) is 3.56. The number of ether oxygens (including phenoxy) is 2. The fourth-order valence-electron chi connectivity index (χ4n) is 3.67. The standard InChI is InChI=1S/C14H23IO2/c1-9-2-4-11-13(6-9)17-14-7-10(8-15)3-5-12(14)16-11/h9-14H,2-8H2,1H3. The highest BCUT2D eigenvalue weighted by atomic mass is 127. The summed E-state index contributed by atoms with van der Waals surface area (Å²) >= 11 is 2.51. The molecular weight excluding hydrogens is 327 g/mol. The second-order valence-corrected chi connectivity index (χ2v) is 7.06. The summed E-state index contributed by atoms with van der Waals surface area (Å²) in [5.74, 6) is 1.68. The SMILES string of the molecule is CC1CCC2OC3CCC(CI)CC3OC2C1. The van der Waals surface area contributed by atoms with Crippen LogP contribution in [0, 0.1) is 11.8 Å². The van der Waals surface area contributed by atoms with Crippen molar-refractivity contribution in [1.29, 1.82) is 0 Å². The minimum absolute atomic E-state index is 0.396. The zero-order valence-electron chi connectivity index (χ0n) is 10.6. The highest BCUT2D eigenvalue weighted by Crippen LogP contribution is 2.40. The first-order chi connectivity index (χ1) is 8.26. The summed E-state index contributed by atoms with van der Waals surface area (Å²) in [4.78, 5) is 0. The number of halogens is 1. The Morgan fingerprint density at radius 3 is 2.29 bits per heavy atom. The van der Waals surface area contributed by atoms with Gasteiger partial charge >= 0.3 is 0 Å². The van der Waals surface area contributed by atoms with Crippen molar-refractivity contribution in [2.45, 2.75) is 69.9 Å². The number of rotatable bonds is 1. The highest BCUT2D eigenvalue weighted by Gasteiger charge is 2.43. The quantitative estimate of drug-likeness (QED) is 0.532. The van der Waals surface area contributed by atoms with Crippen molar-refractivity contribution in [2.75, 3.05) is 4.43 Å². The molecule has 0 aromatic rings. The van der Waals surface area contributed by atoms with Crippen LogP contribution in [0.1, 0.15) is 45.4 Å². The Morgan fingerprint density at radius 2 is 1.53 bits per heavy atom. The van der Waals surface area contributed by atoms with E-state index in [1.807, 2.05) is 0 Å². The average Bonchev–Trinajstić information content (AvgIpc) is 2.35. The first-order valence-corrected chi connectivity index (χ1v) is 8.65. The van der Waals surface area contributed by atoms with Crippen LogP contribution in [0.3, 0.4) is 0 Å². The molecule has 3 heteroatoms. The van der Waals surface area contributed by atoms with Crippen molar-refractivity contribution < 1.29 is 9.47 Å². The lowest BCUT2D eigenvalue weighted by molar-refractivity contribution is -0.246. The van der Waals surface area contributed by atoms with Gasteiger partial charge < -0.3 is 9.47 Å². The summed E-state index contributed by atoms with van der Waals surface area (Å²) in [6.07, 6.45) is 9.13. The van der Waals surface area contributed by atoms with Crippen LogP contribution in [0.5, 0.6) is 0 Å². The van der Waals surface area contributed by atoms with E-state index in [2.05, 4.69) is 29.5 Å². The first kappa shape index (κ1) is 12.7. The molecule has 3 aliphatic rings. The van der Waals surface area contributed by atoms with Gasteiger partial charge in [0.05, 0.1) is 24.4 Å². The Balaban J connectivity index is 1.64. The molecular formula is C14H23IO2. The number of fused-ring (bicyclic) bond motifs is 2. The van der Waals surface area contributed by atoms with E-state index >= 15 is 0 Å². The Bertz CT molecular complexity index is 271. The van der Waals surface area contributed by atoms with Crippen molar-refractivity contribution in [3.8, 4) is 0 Å². The van der Waals surface area contributed by atoms with Gasteiger partial charge in [-0.2, -0.15) is 0 Å². The summed E-state index contributed by atoms with van der Waals surface area (Å²) in [6, 6.07) is 0. The van der Waals surface area contributed by atoms with E-state index in [1.165, 1.54) is 43.0 Å². The molecule has 98 valence electrons. The van der Waals surface area contributed by atoms with Gasteiger partial charge in [-0.25, -0.2) is 0 Å². The molecule has 2 aliphatic carbocycles. The largest absolute Gasteiger partial charge is 0.370 e. The van der Waals surface area contributed by atoms with Crippen LogP contribution < -0.4 is 0 Å². The molecule has 2 saturated carbocycles. The second kappa shape index (κ2) is 5.33. The highest BCUT2D eigenvalue weighted by molar-refractivity contribution is 14.1. The molecule has 1 saturated heterocycles. The normalized spacial score (nSPS) is 50.5. The van der Waals surface area contributed by atoms with Gasteiger partial charge in [0.25, 0.3) is 0 Å². The summed E-state index contributed by atoms with van der Waals surface area (Å²) in [5, 5.41) is 0. The molecule has 3 fully saturated rings. The molecule has 0 N–H and O–H groups in total. The molecule has 0 spiro atoms. The van der Waals surface area contributed by atoms with Crippen LogP contribution in [-0.2, 0) is 9.47 Å². The van der Waals surface area contributed by atoms with Crippen molar-refractivity contribution >= 4 is 22.6 Å². The molecule has 0 amide bonds. The maximum atomic E-state index is 6.37. The Morgan fingerprint density at radius 1 is 0.882 bits per heavy atom. The number of alkyl halides is 1. The van der Waals surface area contributed by atoms with E-state index < -0.39 is 0 Å². The number of hydrogen-bond donors (Lipinski definition) is 0. The first-order valence-electron chi connectivity index (χ1n) is 7.13. The van der Waals surface area contributed by atoms with Gasteiger partial charge in [-0.15, -0.1) is 0 Å². The molecule has 0 bridgehead atoms. The molecule has 0 aromatic carbocycles. The fraction of sp³-hybridized carbons (Fsp3) is 1.00. The molecule has 6 unspecified atom stereocenters. The van der Waals surface area contributed by atoms with Gasteiger partial charge in [0.2, 0.25) is 0 Å². The van der Waals surface area contributed by atoms with Crippen molar-refractivity contribution in [2.24, 2.45) is 11.8 Å². The van der Waals surface area contributed by atoms with Crippen molar-refractivity contribution in [3.63, 3.8) is 0 Å². The number of hydrogen-bond acceptors (Lipinski definition) is 2. The lowest BCUT2D eigenvalue weighted by Crippen LogP contribution is -2.53. The molecule has 1 heterocycles. The summed E-state index contributed by atoms with van der Waals surface area (Å²) in [7, 11) is 0. The van der Waals surface area contributed by atoms with Crippen LogP contribution in [0.25, 0.3) is 0 Å². The Hall–Kier alpha value is 0.650. The minimum atomic E-state index is 0.396. The fourth-order valence-corrected chi connectivity index (χ4v) is 4.47. The lowest BCUT2D eigenvalue weighted by atomic mass is 9.81. The molecule has 2 nitrogen and oxygen atoms in total. The molecule has 3 rings (SSSR count). The van der Waals surface area contributed by atoms with Gasteiger partial charge in [-0.1, -0.05) is 29.5 Å². The zero-order chi connectivity index (χ0) is 11.8. The molecule has 0 radical (unpaired) electrons. The smallest absolute Gasteiger partial charge is 0.0844 e. The molecule has 6 atom stereocenters. The monoisotopic (exact) mass is 350 g/mol. The predicted molar refractivity (Wildman–Crippen MR) is 76.6 cm³/mol. The van der Waals surface area contributed by atoms with Crippen LogP contribution in [0.2, 0.25) is 0 Å². The Labute approximate surface area is 118 Å². The molecule has 17 heavy (non-hydrogen) atoms. The second-order valence-electron chi connectivity index (χ2n) is 6.18. The summed E-state index contributed by atoms with van der Waals surface area (Å²) in [6.45, 7) is 2.35. The van der Waals surface area contributed by atoms with Gasteiger partial charge in [-0.3, -0.25) is 0 Å². The van der Waals surface area contributed by atoms with Gasteiger partial charge in [0.1, 0.15) is 0 Å². The van der Waals surface area contributed by atoms with E-state index in [0.29, 0.717) is 24.4 Å². The molecule has 1 aliphatic heterocycles. The third-order valence-electron chi connectivity index (χ3n) is 4.75. The van der Waals surface area contributed by atoms with E-state index in [-0.39, 0.29) is 0 Å². The third-order valence-corrected chi connectivity index (χ3v) is 6.00. The van der Waals surface area contributed by atoms with E-state index in [4.69, 9.17) is 9.47 Å². The van der Waals surface area contributed by atoms with Gasteiger partial charge in [0.15, 0.2) is 0 Å². The third kappa shape index (κ3) is 2.66. The van der Waals surface area contributed by atoms with E-state index in [1.54, 1.807) is 0 Å². The summed E-state index contributed by atoms with van der Waals surface area (Å²) < 4.78 is 13.9. The molecule has 0 aromatic heterocycles. The zero-order valence-corrected chi connectivity index (χ0v) is 12.8.